The second-order valence-corrected chi connectivity index (χ2v) is 4.92. The number of carbonyl (C=O) groups excluding carboxylic acids is 1. The number of hydrogen-bond acceptors (Lipinski definition) is 3. The van der Waals surface area contributed by atoms with Crippen molar-refractivity contribution >= 4 is 23.8 Å². The monoisotopic (exact) mass is 310 g/mol. The quantitative estimate of drug-likeness (QED) is 0.909. The maximum absolute atomic E-state index is 12.3. The van der Waals surface area contributed by atoms with Gasteiger partial charge < -0.3 is 14.8 Å². The molecule has 0 aliphatic carbocycles. The van der Waals surface area contributed by atoms with E-state index in [1.807, 2.05) is 30.3 Å². The van der Waals surface area contributed by atoms with Gasteiger partial charge in [-0.3, -0.25) is 9.69 Å². The number of urea groups is 1. The standard InChI is InChI=1S/C17H14N2O4/c20-16(21)11-19-15(12-5-2-1-3-6-12)10-13(18-17(19)22)9-14-7-4-8-23-14/h1-10H,11H2,(H,18,22)(H,20,21)/b13-9+. The number of allylic oxidation sites excluding steroid dienone is 1. The molecule has 6 heteroatoms. The molecule has 2 heterocycles. The van der Waals surface area contributed by atoms with Crippen molar-refractivity contribution in [1.82, 2.24) is 10.2 Å². The highest BCUT2D eigenvalue weighted by Crippen LogP contribution is 2.25. The molecular formula is C17H14N2O4. The number of benzene rings is 1. The molecule has 2 aromatic rings. The molecule has 6 nitrogen and oxygen atoms in total. The molecule has 0 saturated carbocycles. The Morgan fingerprint density at radius 2 is 2.00 bits per heavy atom. The van der Waals surface area contributed by atoms with Crippen molar-refractivity contribution in [3.8, 4) is 0 Å². The third-order valence-corrected chi connectivity index (χ3v) is 3.28. The maximum Gasteiger partial charge on any atom is 0.326 e. The highest BCUT2D eigenvalue weighted by atomic mass is 16.4. The number of rotatable bonds is 4. The Balaban J connectivity index is 2.04. The van der Waals surface area contributed by atoms with Crippen LogP contribution in [0.4, 0.5) is 4.79 Å². The fraction of sp³-hybridized carbons (Fsp3) is 0.0588. The number of furan rings is 1. The molecule has 0 unspecified atom stereocenters. The van der Waals surface area contributed by atoms with E-state index in [9.17, 15) is 9.59 Å². The first-order chi connectivity index (χ1) is 11.1. The van der Waals surface area contributed by atoms with E-state index >= 15 is 0 Å². The summed E-state index contributed by atoms with van der Waals surface area (Å²) in [7, 11) is 0. The summed E-state index contributed by atoms with van der Waals surface area (Å²) in [6, 6.07) is 12.2. The van der Waals surface area contributed by atoms with E-state index in [4.69, 9.17) is 9.52 Å². The molecular weight excluding hydrogens is 296 g/mol. The Labute approximate surface area is 132 Å². The van der Waals surface area contributed by atoms with Gasteiger partial charge in [0.05, 0.1) is 12.0 Å². The third kappa shape index (κ3) is 3.32. The number of amides is 2. The highest BCUT2D eigenvalue weighted by Gasteiger charge is 2.26. The van der Waals surface area contributed by atoms with E-state index in [1.165, 1.54) is 11.2 Å². The van der Waals surface area contributed by atoms with E-state index < -0.39 is 18.5 Å². The minimum Gasteiger partial charge on any atom is -0.480 e. The predicted octanol–water partition coefficient (Wildman–Crippen LogP) is 2.77. The van der Waals surface area contributed by atoms with Crippen LogP contribution in [0.25, 0.3) is 11.8 Å². The van der Waals surface area contributed by atoms with Crippen LogP contribution >= 0.6 is 0 Å². The first-order valence-electron chi connectivity index (χ1n) is 6.96. The molecule has 3 rings (SSSR count). The van der Waals surface area contributed by atoms with Gasteiger partial charge >= 0.3 is 12.0 Å². The molecule has 2 N–H and O–H groups in total. The van der Waals surface area contributed by atoms with Gasteiger partial charge in [0.2, 0.25) is 0 Å². The fourth-order valence-electron chi connectivity index (χ4n) is 2.31. The molecule has 0 spiro atoms. The number of hydrogen-bond donors (Lipinski definition) is 2. The van der Waals surface area contributed by atoms with E-state index in [0.717, 1.165) is 5.56 Å². The van der Waals surface area contributed by atoms with E-state index in [0.29, 0.717) is 17.2 Å². The van der Waals surface area contributed by atoms with Crippen LogP contribution in [-0.4, -0.2) is 28.6 Å². The molecule has 0 saturated heterocycles. The van der Waals surface area contributed by atoms with Gasteiger partial charge in [-0.05, 0) is 23.8 Å². The zero-order chi connectivity index (χ0) is 16.2. The van der Waals surface area contributed by atoms with Crippen molar-refractivity contribution in [3.63, 3.8) is 0 Å². The van der Waals surface area contributed by atoms with Gasteiger partial charge in [0.1, 0.15) is 12.3 Å². The number of carboxylic acid groups (broad SMARTS) is 1. The first-order valence-corrected chi connectivity index (χ1v) is 6.96. The Morgan fingerprint density at radius 3 is 2.65 bits per heavy atom. The second-order valence-electron chi connectivity index (χ2n) is 4.92. The Bertz CT molecular complexity index is 776. The van der Waals surface area contributed by atoms with E-state index in [2.05, 4.69) is 5.32 Å². The number of nitrogens with zero attached hydrogens (tertiary/aromatic N) is 1. The van der Waals surface area contributed by atoms with Gasteiger partial charge in [-0.25, -0.2) is 4.79 Å². The highest BCUT2D eigenvalue weighted by molar-refractivity contribution is 5.94. The Hall–Kier alpha value is -3.28. The maximum atomic E-state index is 12.3. The van der Waals surface area contributed by atoms with Crippen molar-refractivity contribution in [1.29, 1.82) is 0 Å². The van der Waals surface area contributed by atoms with Gasteiger partial charge in [0, 0.05) is 11.8 Å². The normalized spacial score (nSPS) is 16.2. The topological polar surface area (TPSA) is 82.8 Å². The predicted molar refractivity (Wildman–Crippen MR) is 84.0 cm³/mol. The lowest BCUT2D eigenvalue weighted by Gasteiger charge is -2.29. The van der Waals surface area contributed by atoms with Gasteiger partial charge in [0.25, 0.3) is 0 Å². The second kappa shape index (κ2) is 6.23. The molecule has 0 atom stereocenters. The molecule has 1 aliphatic rings. The first kappa shape index (κ1) is 14.6. The van der Waals surface area contributed by atoms with Crippen LogP contribution in [0.2, 0.25) is 0 Å². The number of carbonyl (C=O) groups is 2. The Kier molecular flexibility index (Phi) is 3.97. The summed E-state index contributed by atoms with van der Waals surface area (Å²) in [6.07, 6.45) is 4.94. The number of aliphatic carboxylic acids is 1. The van der Waals surface area contributed by atoms with Crippen molar-refractivity contribution in [2.75, 3.05) is 6.54 Å². The molecule has 23 heavy (non-hydrogen) atoms. The molecule has 0 bridgehead atoms. The summed E-state index contributed by atoms with van der Waals surface area (Å²) in [6.45, 7) is -0.416. The van der Waals surface area contributed by atoms with Crippen LogP contribution in [0, 0.1) is 0 Å². The minimum atomic E-state index is -1.08. The summed E-state index contributed by atoms with van der Waals surface area (Å²) in [5.74, 6) is -0.490. The van der Waals surface area contributed by atoms with Crippen molar-refractivity contribution in [3.05, 3.63) is 71.8 Å². The van der Waals surface area contributed by atoms with Gasteiger partial charge in [-0.1, -0.05) is 30.3 Å². The molecule has 2 amide bonds. The summed E-state index contributed by atoms with van der Waals surface area (Å²) in [4.78, 5) is 24.5. The summed E-state index contributed by atoms with van der Waals surface area (Å²) in [5, 5.41) is 11.7. The van der Waals surface area contributed by atoms with Gasteiger partial charge in [-0.15, -0.1) is 0 Å². The van der Waals surface area contributed by atoms with Crippen LogP contribution < -0.4 is 5.32 Å². The zero-order valence-electron chi connectivity index (χ0n) is 12.1. The van der Waals surface area contributed by atoms with Gasteiger partial charge in [-0.2, -0.15) is 0 Å². The average molecular weight is 310 g/mol. The Morgan fingerprint density at radius 1 is 1.22 bits per heavy atom. The fourth-order valence-corrected chi connectivity index (χ4v) is 2.31. The SMILES string of the molecule is O=C(O)CN1C(=O)N/C(=C/c2ccco2)C=C1c1ccccc1. The lowest BCUT2D eigenvalue weighted by molar-refractivity contribution is -0.137. The lowest BCUT2D eigenvalue weighted by atomic mass is 10.1. The zero-order valence-corrected chi connectivity index (χ0v) is 12.1. The van der Waals surface area contributed by atoms with E-state index in [-0.39, 0.29) is 0 Å². The number of carboxylic acids is 1. The summed E-state index contributed by atoms with van der Waals surface area (Å²) >= 11 is 0. The largest absolute Gasteiger partial charge is 0.480 e. The van der Waals surface area contributed by atoms with Crippen molar-refractivity contribution in [2.45, 2.75) is 0 Å². The van der Waals surface area contributed by atoms with Crippen molar-refractivity contribution in [2.24, 2.45) is 0 Å². The van der Waals surface area contributed by atoms with E-state index in [1.54, 1.807) is 24.3 Å². The molecule has 0 radical (unpaired) electrons. The van der Waals surface area contributed by atoms with Crippen LogP contribution in [0.5, 0.6) is 0 Å². The van der Waals surface area contributed by atoms with Crippen LogP contribution in [-0.2, 0) is 4.79 Å². The minimum absolute atomic E-state index is 0.416. The smallest absolute Gasteiger partial charge is 0.326 e. The molecule has 0 fully saturated rings. The number of nitrogens with one attached hydrogen (secondary N) is 1. The molecule has 1 aromatic heterocycles. The summed E-state index contributed by atoms with van der Waals surface area (Å²) < 4.78 is 5.24. The van der Waals surface area contributed by atoms with Crippen molar-refractivity contribution < 1.29 is 19.1 Å². The molecule has 1 aromatic carbocycles. The van der Waals surface area contributed by atoms with Crippen LogP contribution in [0.1, 0.15) is 11.3 Å². The summed E-state index contributed by atoms with van der Waals surface area (Å²) in [5.41, 5.74) is 1.81. The lowest BCUT2D eigenvalue weighted by Crippen LogP contribution is -2.44. The third-order valence-electron chi connectivity index (χ3n) is 3.28. The van der Waals surface area contributed by atoms with Crippen LogP contribution in [0.15, 0.2) is 64.9 Å². The molecule has 1 aliphatic heterocycles. The van der Waals surface area contributed by atoms with Gasteiger partial charge in [0.15, 0.2) is 0 Å². The van der Waals surface area contributed by atoms with Crippen LogP contribution in [0.3, 0.4) is 0 Å². The average Bonchev–Trinajstić information content (AvgIpc) is 3.03. The molecule has 116 valence electrons.